The van der Waals surface area contributed by atoms with Gasteiger partial charge in [0.15, 0.2) is 0 Å². The number of halogens is 2. The Morgan fingerprint density at radius 3 is 2.14 bits per heavy atom. The predicted molar refractivity (Wildman–Crippen MR) is 109 cm³/mol. The van der Waals surface area contributed by atoms with E-state index in [9.17, 15) is 18.4 Å². The average molecular weight is 417 g/mol. The highest BCUT2D eigenvalue weighted by molar-refractivity contribution is 7.99. The Morgan fingerprint density at radius 1 is 0.862 bits per heavy atom. The van der Waals surface area contributed by atoms with Gasteiger partial charge in [-0.05, 0) is 36.4 Å². The Morgan fingerprint density at radius 2 is 1.52 bits per heavy atom. The van der Waals surface area contributed by atoms with Gasteiger partial charge in [0.05, 0.1) is 18.2 Å². The molecule has 29 heavy (non-hydrogen) atoms. The molecule has 0 aromatic heterocycles. The quantitative estimate of drug-likeness (QED) is 0.551. The first-order valence-electron chi connectivity index (χ1n) is 9.48. The number of hydrogen-bond donors (Lipinski definition) is 0. The summed E-state index contributed by atoms with van der Waals surface area (Å²) in [6.07, 6.45) is 0.151. The molecule has 0 aliphatic carbocycles. The van der Waals surface area contributed by atoms with E-state index in [1.165, 1.54) is 17.0 Å². The molecule has 0 unspecified atom stereocenters. The summed E-state index contributed by atoms with van der Waals surface area (Å²) < 4.78 is 24.9. The zero-order valence-electron chi connectivity index (χ0n) is 15.7. The summed E-state index contributed by atoms with van der Waals surface area (Å²) in [6, 6.07) is 15.8. The molecule has 4 rings (SSSR count). The highest BCUT2D eigenvalue weighted by Crippen LogP contribution is 2.30. The van der Waals surface area contributed by atoms with Gasteiger partial charge in [0.1, 0.15) is 0 Å². The minimum Gasteiger partial charge on any atom is -0.369 e. The lowest BCUT2D eigenvalue weighted by Crippen LogP contribution is -2.52. The summed E-state index contributed by atoms with van der Waals surface area (Å²) >= 11 is 0.438. The third-order valence-corrected chi connectivity index (χ3v) is 6.04. The molecule has 152 valence electrons. The Labute approximate surface area is 172 Å². The molecule has 1 atom stereocenters. The van der Waals surface area contributed by atoms with Gasteiger partial charge in [0, 0.05) is 36.8 Å². The first-order chi connectivity index (χ1) is 14.0. The minimum atomic E-state index is -2.50. The molecular formula is C21H21F2N3O2S. The van der Waals surface area contributed by atoms with Crippen molar-refractivity contribution in [3.63, 3.8) is 0 Å². The van der Waals surface area contributed by atoms with Gasteiger partial charge in [0.25, 0.3) is 11.7 Å². The summed E-state index contributed by atoms with van der Waals surface area (Å²) in [7, 11) is 0. The average Bonchev–Trinajstić information content (AvgIpc) is 3.03. The SMILES string of the molecule is O=C1C[C@@H](N2CCN(c3ccccc3)CC2)C(=O)N1c1ccc(SC(F)F)cc1. The number of alkyl halides is 2. The molecule has 2 fully saturated rings. The highest BCUT2D eigenvalue weighted by atomic mass is 32.2. The summed E-state index contributed by atoms with van der Waals surface area (Å²) in [4.78, 5) is 31.4. The standard InChI is InChI=1S/C21H21F2N3O2S/c22-21(23)29-17-8-6-16(7-9-17)26-19(27)14-18(20(26)28)25-12-10-24(11-13-25)15-4-2-1-3-5-15/h1-9,18,21H,10-14H2/t18-/m1/s1. The van der Waals surface area contributed by atoms with Gasteiger partial charge < -0.3 is 4.90 Å². The number of piperazine rings is 1. The summed E-state index contributed by atoms with van der Waals surface area (Å²) in [5.41, 5.74) is 1.59. The number of thioether (sulfide) groups is 1. The fourth-order valence-electron chi connectivity index (χ4n) is 3.88. The summed E-state index contributed by atoms with van der Waals surface area (Å²) in [5.74, 6) is -2.99. The molecule has 0 N–H and O–H groups in total. The van der Waals surface area contributed by atoms with E-state index in [0.29, 0.717) is 35.4 Å². The molecule has 5 nitrogen and oxygen atoms in total. The number of para-hydroxylation sites is 1. The van der Waals surface area contributed by atoms with Crippen molar-refractivity contribution >= 4 is 35.0 Å². The van der Waals surface area contributed by atoms with Crippen molar-refractivity contribution in [2.75, 3.05) is 36.0 Å². The van der Waals surface area contributed by atoms with Crippen LogP contribution < -0.4 is 9.80 Å². The van der Waals surface area contributed by atoms with Crippen LogP contribution >= 0.6 is 11.8 Å². The normalized spacial score (nSPS) is 20.7. The van der Waals surface area contributed by atoms with Crippen LogP contribution in [0.15, 0.2) is 59.5 Å². The summed E-state index contributed by atoms with van der Waals surface area (Å²) in [5, 5.41) is 0. The van der Waals surface area contributed by atoms with Crippen LogP contribution in [-0.2, 0) is 9.59 Å². The van der Waals surface area contributed by atoms with E-state index in [0.717, 1.165) is 18.8 Å². The second kappa shape index (κ2) is 8.51. The molecule has 2 aliphatic heterocycles. The number of anilines is 2. The predicted octanol–water partition coefficient (Wildman–Crippen LogP) is 3.46. The molecular weight excluding hydrogens is 396 g/mol. The van der Waals surface area contributed by atoms with Gasteiger partial charge in [-0.25, -0.2) is 4.90 Å². The molecule has 8 heteroatoms. The van der Waals surface area contributed by atoms with Crippen LogP contribution in [0.25, 0.3) is 0 Å². The van der Waals surface area contributed by atoms with Crippen molar-refractivity contribution in [2.45, 2.75) is 23.1 Å². The molecule has 2 aromatic rings. The van der Waals surface area contributed by atoms with E-state index in [1.807, 2.05) is 18.2 Å². The Hall–Kier alpha value is -2.45. The largest absolute Gasteiger partial charge is 0.369 e. The van der Waals surface area contributed by atoms with Gasteiger partial charge in [0.2, 0.25) is 5.91 Å². The highest BCUT2D eigenvalue weighted by Gasteiger charge is 2.43. The molecule has 0 saturated carbocycles. The molecule has 2 aromatic carbocycles. The molecule has 0 spiro atoms. The van der Waals surface area contributed by atoms with Crippen molar-refractivity contribution in [3.05, 3.63) is 54.6 Å². The van der Waals surface area contributed by atoms with Crippen LogP contribution in [0.2, 0.25) is 0 Å². The van der Waals surface area contributed by atoms with Crippen molar-refractivity contribution in [3.8, 4) is 0 Å². The Bertz CT molecular complexity index is 871. The molecule has 2 amide bonds. The van der Waals surface area contributed by atoms with Crippen LogP contribution in [-0.4, -0.2) is 54.7 Å². The van der Waals surface area contributed by atoms with Crippen molar-refractivity contribution < 1.29 is 18.4 Å². The van der Waals surface area contributed by atoms with Crippen LogP contribution in [0.5, 0.6) is 0 Å². The first kappa shape index (κ1) is 19.8. The molecule has 2 heterocycles. The Balaban J connectivity index is 1.41. The molecule has 0 radical (unpaired) electrons. The molecule has 2 saturated heterocycles. The zero-order chi connectivity index (χ0) is 20.4. The fraction of sp³-hybridized carbons (Fsp3) is 0.333. The minimum absolute atomic E-state index is 0.151. The van der Waals surface area contributed by atoms with E-state index in [1.54, 1.807) is 12.1 Å². The fourth-order valence-corrected chi connectivity index (χ4v) is 4.38. The number of nitrogens with zero attached hydrogens (tertiary/aromatic N) is 3. The number of imide groups is 1. The summed E-state index contributed by atoms with van der Waals surface area (Å²) in [6.45, 7) is 3.00. The lowest BCUT2D eigenvalue weighted by molar-refractivity contribution is -0.123. The lowest BCUT2D eigenvalue weighted by Gasteiger charge is -2.38. The van der Waals surface area contributed by atoms with E-state index in [4.69, 9.17) is 0 Å². The van der Waals surface area contributed by atoms with Crippen molar-refractivity contribution in [1.29, 1.82) is 0 Å². The molecule has 0 bridgehead atoms. The topological polar surface area (TPSA) is 43.9 Å². The van der Waals surface area contributed by atoms with E-state index in [-0.39, 0.29) is 18.2 Å². The van der Waals surface area contributed by atoms with Crippen molar-refractivity contribution in [1.82, 2.24) is 4.90 Å². The van der Waals surface area contributed by atoms with Crippen LogP contribution in [0, 0.1) is 0 Å². The first-order valence-corrected chi connectivity index (χ1v) is 10.4. The van der Waals surface area contributed by atoms with Gasteiger partial charge in [-0.3, -0.25) is 14.5 Å². The zero-order valence-corrected chi connectivity index (χ0v) is 16.5. The monoisotopic (exact) mass is 417 g/mol. The third-order valence-electron chi connectivity index (χ3n) is 5.32. The van der Waals surface area contributed by atoms with Crippen LogP contribution in [0.1, 0.15) is 6.42 Å². The molecule has 2 aliphatic rings. The lowest BCUT2D eigenvalue weighted by atomic mass is 10.1. The second-order valence-electron chi connectivity index (χ2n) is 7.02. The van der Waals surface area contributed by atoms with Crippen LogP contribution in [0.4, 0.5) is 20.2 Å². The number of amides is 2. The smallest absolute Gasteiger partial charge is 0.288 e. The number of rotatable bonds is 5. The maximum atomic E-state index is 13.0. The number of carbonyl (C=O) groups excluding carboxylic acids is 2. The third kappa shape index (κ3) is 4.28. The van der Waals surface area contributed by atoms with E-state index < -0.39 is 11.8 Å². The van der Waals surface area contributed by atoms with E-state index >= 15 is 0 Å². The van der Waals surface area contributed by atoms with Gasteiger partial charge in [-0.15, -0.1) is 0 Å². The maximum Gasteiger partial charge on any atom is 0.288 e. The number of hydrogen-bond acceptors (Lipinski definition) is 5. The van der Waals surface area contributed by atoms with Crippen LogP contribution in [0.3, 0.4) is 0 Å². The van der Waals surface area contributed by atoms with Gasteiger partial charge >= 0.3 is 0 Å². The number of benzene rings is 2. The van der Waals surface area contributed by atoms with Gasteiger partial charge in [-0.1, -0.05) is 30.0 Å². The maximum absolute atomic E-state index is 13.0. The van der Waals surface area contributed by atoms with Crippen molar-refractivity contribution in [2.24, 2.45) is 0 Å². The number of carbonyl (C=O) groups is 2. The van der Waals surface area contributed by atoms with Gasteiger partial charge in [-0.2, -0.15) is 8.78 Å². The second-order valence-corrected chi connectivity index (χ2v) is 8.08. The van der Waals surface area contributed by atoms with E-state index in [2.05, 4.69) is 21.9 Å². The Kier molecular flexibility index (Phi) is 5.82.